The van der Waals surface area contributed by atoms with Gasteiger partial charge in [-0.2, -0.15) is 28.1 Å². The molecule has 0 spiro atoms. The van der Waals surface area contributed by atoms with Crippen LogP contribution >= 0.6 is 0 Å². The number of rotatable bonds is 7. The van der Waals surface area contributed by atoms with Gasteiger partial charge in [0.2, 0.25) is 11.9 Å². The van der Waals surface area contributed by atoms with E-state index in [1.165, 1.54) is 7.11 Å². The lowest BCUT2D eigenvalue weighted by molar-refractivity contribution is -0.134. The van der Waals surface area contributed by atoms with Gasteiger partial charge in [0.25, 0.3) is 0 Å². The third-order valence-corrected chi connectivity index (χ3v) is 2.05. The van der Waals surface area contributed by atoms with E-state index < -0.39 is 12.6 Å². The third kappa shape index (κ3) is 6.07. The van der Waals surface area contributed by atoms with E-state index >= 15 is 0 Å². The highest BCUT2D eigenvalue weighted by molar-refractivity contribution is 5.35. The maximum Gasteiger partial charge on any atom is 0.389 e. The molecule has 19 heavy (non-hydrogen) atoms. The smallest absolute Gasteiger partial charge is 0.389 e. The van der Waals surface area contributed by atoms with Crippen molar-refractivity contribution in [1.82, 2.24) is 15.0 Å². The lowest BCUT2D eigenvalue weighted by atomic mass is 10.3. The van der Waals surface area contributed by atoms with Crippen LogP contribution in [0.3, 0.4) is 0 Å². The van der Waals surface area contributed by atoms with Crippen molar-refractivity contribution in [3.63, 3.8) is 0 Å². The molecule has 1 aromatic rings. The number of halogens is 3. The fraction of sp³-hybridized carbons (Fsp3) is 0.700. The molecule has 0 amide bonds. The van der Waals surface area contributed by atoms with Gasteiger partial charge in [0, 0.05) is 19.5 Å². The molecule has 108 valence electrons. The van der Waals surface area contributed by atoms with Crippen LogP contribution in [0.2, 0.25) is 0 Å². The Morgan fingerprint density at radius 1 is 1.11 bits per heavy atom. The van der Waals surface area contributed by atoms with Crippen LogP contribution in [0.1, 0.15) is 19.8 Å². The highest BCUT2D eigenvalue weighted by atomic mass is 19.4. The second-order valence-electron chi connectivity index (χ2n) is 3.65. The summed E-state index contributed by atoms with van der Waals surface area (Å²) in [6, 6.07) is 0.101. The van der Waals surface area contributed by atoms with Gasteiger partial charge in [-0.3, -0.25) is 0 Å². The molecular formula is C10H16F3N5O. The Morgan fingerprint density at radius 3 is 2.26 bits per heavy atom. The lowest BCUT2D eigenvalue weighted by Gasteiger charge is -2.09. The Hall–Kier alpha value is -1.80. The van der Waals surface area contributed by atoms with E-state index in [4.69, 9.17) is 4.74 Å². The number of anilines is 2. The number of hydrogen-bond donors (Lipinski definition) is 2. The molecule has 0 saturated carbocycles. The molecule has 0 aliphatic heterocycles. The zero-order chi connectivity index (χ0) is 14.3. The summed E-state index contributed by atoms with van der Waals surface area (Å²) >= 11 is 0. The molecule has 0 bridgehead atoms. The number of nitrogens with zero attached hydrogens (tertiary/aromatic N) is 3. The van der Waals surface area contributed by atoms with Crippen molar-refractivity contribution in [2.75, 3.05) is 30.8 Å². The van der Waals surface area contributed by atoms with E-state index in [1.54, 1.807) is 0 Å². The SMILES string of the molecule is CCNc1nc(NCCCC(F)(F)F)nc(OC)n1. The average molecular weight is 279 g/mol. The fourth-order valence-electron chi connectivity index (χ4n) is 1.25. The molecule has 1 heterocycles. The van der Waals surface area contributed by atoms with Gasteiger partial charge >= 0.3 is 12.2 Å². The predicted octanol–water partition coefficient (Wildman–Crippen LogP) is 2.07. The van der Waals surface area contributed by atoms with Crippen LogP contribution in [0.4, 0.5) is 25.1 Å². The molecule has 0 radical (unpaired) electrons. The van der Waals surface area contributed by atoms with Crippen LogP contribution in [-0.4, -0.2) is 41.3 Å². The van der Waals surface area contributed by atoms with E-state index in [0.29, 0.717) is 12.5 Å². The van der Waals surface area contributed by atoms with Gasteiger partial charge in [-0.05, 0) is 13.3 Å². The second kappa shape index (κ2) is 6.95. The first-order valence-corrected chi connectivity index (χ1v) is 5.79. The first-order chi connectivity index (χ1) is 8.94. The molecule has 1 aromatic heterocycles. The summed E-state index contributed by atoms with van der Waals surface area (Å²) in [6.45, 7) is 2.60. The zero-order valence-electron chi connectivity index (χ0n) is 10.7. The van der Waals surface area contributed by atoms with Crippen LogP contribution in [0.5, 0.6) is 6.01 Å². The lowest BCUT2D eigenvalue weighted by Crippen LogP contribution is -2.13. The number of aromatic nitrogens is 3. The Morgan fingerprint density at radius 2 is 1.74 bits per heavy atom. The van der Waals surface area contributed by atoms with Gasteiger partial charge in [-0.25, -0.2) is 0 Å². The van der Waals surface area contributed by atoms with Crippen molar-refractivity contribution in [3.05, 3.63) is 0 Å². The van der Waals surface area contributed by atoms with Crippen LogP contribution in [0, 0.1) is 0 Å². The van der Waals surface area contributed by atoms with Gasteiger partial charge in [-0.1, -0.05) is 0 Å². The minimum atomic E-state index is -4.15. The fourth-order valence-corrected chi connectivity index (χ4v) is 1.25. The summed E-state index contributed by atoms with van der Waals surface area (Å²) in [4.78, 5) is 11.8. The van der Waals surface area contributed by atoms with E-state index in [1.807, 2.05) is 6.92 Å². The van der Waals surface area contributed by atoms with Crippen LogP contribution in [0.15, 0.2) is 0 Å². The van der Waals surface area contributed by atoms with E-state index in [9.17, 15) is 13.2 Å². The summed E-state index contributed by atoms with van der Waals surface area (Å²) in [5.41, 5.74) is 0. The van der Waals surface area contributed by atoms with Crippen molar-refractivity contribution in [3.8, 4) is 6.01 Å². The summed E-state index contributed by atoms with van der Waals surface area (Å²) in [7, 11) is 1.40. The molecule has 6 nitrogen and oxygen atoms in total. The van der Waals surface area contributed by atoms with Gasteiger partial charge in [-0.15, -0.1) is 0 Å². The van der Waals surface area contributed by atoms with Crippen LogP contribution in [-0.2, 0) is 0 Å². The summed E-state index contributed by atoms with van der Waals surface area (Å²) < 4.78 is 40.8. The number of methoxy groups -OCH3 is 1. The van der Waals surface area contributed by atoms with Crippen molar-refractivity contribution < 1.29 is 17.9 Å². The largest absolute Gasteiger partial charge is 0.467 e. The first kappa shape index (κ1) is 15.3. The Kier molecular flexibility index (Phi) is 5.58. The van der Waals surface area contributed by atoms with Crippen molar-refractivity contribution in [2.24, 2.45) is 0 Å². The molecule has 0 atom stereocenters. The monoisotopic (exact) mass is 279 g/mol. The maximum absolute atomic E-state index is 12.0. The molecule has 0 saturated heterocycles. The molecular weight excluding hydrogens is 263 g/mol. The number of nitrogens with one attached hydrogen (secondary N) is 2. The van der Waals surface area contributed by atoms with Crippen molar-refractivity contribution in [2.45, 2.75) is 25.9 Å². The van der Waals surface area contributed by atoms with Crippen molar-refractivity contribution >= 4 is 11.9 Å². The number of hydrogen-bond acceptors (Lipinski definition) is 6. The molecule has 2 N–H and O–H groups in total. The van der Waals surface area contributed by atoms with Gasteiger partial charge < -0.3 is 15.4 Å². The Balaban J connectivity index is 2.54. The highest BCUT2D eigenvalue weighted by Crippen LogP contribution is 2.21. The van der Waals surface area contributed by atoms with Crippen molar-refractivity contribution in [1.29, 1.82) is 0 Å². The Bertz CT molecular complexity index is 399. The summed E-state index contributed by atoms with van der Waals surface area (Å²) in [5, 5.41) is 5.58. The molecule has 0 aliphatic rings. The van der Waals surface area contributed by atoms with Crippen LogP contribution < -0.4 is 15.4 Å². The molecule has 0 aromatic carbocycles. The topological polar surface area (TPSA) is 72.0 Å². The molecule has 0 fully saturated rings. The highest BCUT2D eigenvalue weighted by Gasteiger charge is 2.25. The third-order valence-electron chi connectivity index (χ3n) is 2.05. The van der Waals surface area contributed by atoms with E-state index in [-0.39, 0.29) is 24.9 Å². The minimum Gasteiger partial charge on any atom is -0.467 e. The quantitative estimate of drug-likeness (QED) is 0.744. The molecule has 0 unspecified atom stereocenters. The summed E-state index contributed by atoms with van der Waals surface area (Å²) in [5.74, 6) is 0.498. The van der Waals surface area contributed by atoms with E-state index in [0.717, 1.165) is 0 Å². The predicted molar refractivity (Wildman–Crippen MR) is 64.3 cm³/mol. The average Bonchev–Trinajstić information content (AvgIpc) is 2.34. The van der Waals surface area contributed by atoms with E-state index in [2.05, 4.69) is 25.6 Å². The first-order valence-electron chi connectivity index (χ1n) is 5.79. The normalized spacial score (nSPS) is 11.2. The van der Waals surface area contributed by atoms with Crippen LogP contribution in [0.25, 0.3) is 0 Å². The standard InChI is InChI=1S/C10H16F3N5O/c1-3-14-7-16-8(18-9(17-7)19-2)15-6-4-5-10(11,12)13/h3-6H2,1-2H3,(H2,14,15,16,17,18). The summed E-state index contributed by atoms with van der Waals surface area (Å²) in [6.07, 6.45) is -5.04. The molecule has 0 aliphatic carbocycles. The van der Waals surface area contributed by atoms with Gasteiger partial charge in [0.05, 0.1) is 7.11 Å². The number of alkyl halides is 3. The molecule has 9 heteroatoms. The maximum atomic E-state index is 12.0. The van der Waals surface area contributed by atoms with Gasteiger partial charge in [0.1, 0.15) is 0 Å². The number of ether oxygens (including phenoxy) is 1. The zero-order valence-corrected chi connectivity index (χ0v) is 10.7. The minimum absolute atomic E-state index is 0.0476. The molecule has 1 rings (SSSR count). The van der Waals surface area contributed by atoms with Gasteiger partial charge in [0.15, 0.2) is 0 Å². The Labute approximate surface area is 108 Å². The second-order valence-corrected chi connectivity index (χ2v) is 3.65.